The Morgan fingerprint density at radius 3 is 2.43 bits per heavy atom. The molecule has 2 aromatic rings. The molecule has 0 amide bonds. The molecule has 106 valence electrons. The second-order valence-corrected chi connectivity index (χ2v) is 5.01. The standard InChI is InChI=1S/C16H10Cl2FNO/c1-21-16-14(17)6-10(7-15(16)18)5-12(9-20)11-3-2-4-13(19)8-11/h2-8H,1H3. The Labute approximate surface area is 132 Å². The van der Waals surface area contributed by atoms with Crippen LogP contribution in [0.1, 0.15) is 11.1 Å². The van der Waals surface area contributed by atoms with Crippen LogP contribution in [0.5, 0.6) is 5.75 Å². The first-order valence-corrected chi connectivity index (χ1v) is 6.71. The van der Waals surface area contributed by atoms with E-state index in [1.54, 1.807) is 30.3 Å². The maximum Gasteiger partial charge on any atom is 0.156 e. The van der Waals surface area contributed by atoms with Crippen LogP contribution in [-0.4, -0.2) is 7.11 Å². The van der Waals surface area contributed by atoms with Crippen LogP contribution in [0, 0.1) is 17.1 Å². The molecule has 0 aliphatic heterocycles. The van der Waals surface area contributed by atoms with E-state index in [4.69, 9.17) is 27.9 Å². The topological polar surface area (TPSA) is 33.0 Å². The van der Waals surface area contributed by atoms with Gasteiger partial charge in [-0.15, -0.1) is 0 Å². The molecule has 0 unspecified atom stereocenters. The number of nitriles is 1. The van der Waals surface area contributed by atoms with Crippen molar-refractivity contribution in [3.8, 4) is 11.8 Å². The first-order valence-electron chi connectivity index (χ1n) is 5.96. The van der Waals surface area contributed by atoms with Crippen LogP contribution in [0.2, 0.25) is 10.0 Å². The summed E-state index contributed by atoms with van der Waals surface area (Å²) in [4.78, 5) is 0. The molecule has 0 atom stereocenters. The fourth-order valence-electron chi connectivity index (χ4n) is 1.86. The van der Waals surface area contributed by atoms with Gasteiger partial charge in [0.1, 0.15) is 5.82 Å². The van der Waals surface area contributed by atoms with Crippen molar-refractivity contribution in [3.05, 3.63) is 63.4 Å². The lowest BCUT2D eigenvalue weighted by Crippen LogP contribution is -1.88. The SMILES string of the molecule is COc1c(Cl)cc(C=C(C#N)c2cccc(F)c2)cc1Cl. The van der Waals surface area contributed by atoms with Crippen molar-refractivity contribution in [2.75, 3.05) is 7.11 Å². The molecule has 0 N–H and O–H groups in total. The summed E-state index contributed by atoms with van der Waals surface area (Å²) in [5, 5.41) is 9.92. The van der Waals surface area contributed by atoms with Gasteiger partial charge in [0.25, 0.3) is 0 Å². The molecule has 0 radical (unpaired) electrons. The number of rotatable bonds is 3. The molecule has 0 aromatic heterocycles. The summed E-state index contributed by atoms with van der Waals surface area (Å²) in [5.74, 6) is -0.0285. The number of halogens is 3. The third-order valence-corrected chi connectivity index (χ3v) is 3.35. The highest BCUT2D eigenvalue weighted by Gasteiger charge is 2.09. The number of hydrogen-bond donors (Lipinski definition) is 0. The highest BCUT2D eigenvalue weighted by Crippen LogP contribution is 2.34. The van der Waals surface area contributed by atoms with Crippen LogP contribution < -0.4 is 4.74 Å². The fraction of sp³-hybridized carbons (Fsp3) is 0.0625. The third-order valence-electron chi connectivity index (χ3n) is 2.79. The van der Waals surface area contributed by atoms with Gasteiger partial charge in [-0.3, -0.25) is 0 Å². The lowest BCUT2D eigenvalue weighted by Gasteiger charge is -2.07. The average molecular weight is 322 g/mol. The Bertz CT molecular complexity index is 727. The Kier molecular flexibility index (Phi) is 4.85. The fourth-order valence-corrected chi connectivity index (χ4v) is 2.52. The zero-order valence-corrected chi connectivity index (χ0v) is 12.5. The van der Waals surface area contributed by atoms with Gasteiger partial charge in [-0.2, -0.15) is 5.26 Å². The van der Waals surface area contributed by atoms with Crippen LogP contribution >= 0.6 is 23.2 Å². The third kappa shape index (κ3) is 3.55. The van der Waals surface area contributed by atoms with E-state index in [2.05, 4.69) is 0 Å². The summed E-state index contributed by atoms with van der Waals surface area (Å²) < 4.78 is 18.3. The Morgan fingerprint density at radius 1 is 1.24 bits per heavy atom. The van der Waals surface area contributed by atoms with E-state index in [0.717, 1.165) is 0 Å². The molecule has 0 heterocycles. The van der Waals surface area contributed by atoms with Crippen molar-refractivity contribution >= 4 is 34.9 Å². The molecule has 0 spiro atoms. The van der Waals surface area contributed by atoms with E-state index in [9.17, 15) is 9.65 Å². The van der Waals surface area contributed by atoms with Gasteiger partial charge in [0.15, 0.2) is 5.75 Å². The normalized spacial score (nSPS) is 11.1. The van der Waals surface area contributed by atoms with Crippen LogP contribution in [-0.2, 0) is 0 Å². The summed E-state index contributed by atoms with van der Waals surface area (Å²) in [6, 6.07) is 11.1. The van der Waals surface area contributed by atoms with Crippen molar-refractivity contribution in [1.29, 1.82) is 5.26 Å². The molecule has 0 fully saturated rings. The molecular weight excluding hydrogens is 312 g/mol. The maximum absolute atomic E-state index is 13.2. The Hall–Kier alpha value is -2.02. The molecule has 0 aliphatic carbocycles. The number of ether oxygens (including phenoxy) is 1. The van der Waals surface area contributed by atoms with E-state index >= 15 is 0 Å². The van der Waals surface area contributed by atoms with Crippen LogP contribution in [0.15, 0.2) is 36.4 Å². The van der Waals surface area contributed by atoms with Crippen LogP contribution in [0.4, 0.5) is 4.39 Å². The molecule has 0 bridgehead atoms. The summed E-state index contributed by atoms with van der Waals surface area (Å²) >= 11 is 12.1. The molecule has 0 saturated carbocycles. The first-order chi connectivity index (χ1) is 10.0. The highest BCUT2D eigenvalue weighted by atomic mass is 35.5. The molecule has 2 nitrogen and oxygen atoms in total. The zero-order chi connectivity index (χ0) is 15.4. The predicted octanol–water partition coefficient (Wildman–Crippen LogP) is 5.21. The minimum Gasteiger partial charge on any atom is -0.494 e. The summed E-state index contributed by atoms with van der Waals surface area (Å²) in [6.45, 7) is 0. The molecule has 5 heteroatoms. The van der Waals surface area contributed by atoms with Crippen molar-refractivity contribution in [2.24, 2.45) is 0 Å². The number of allylic oxidation sites excluding steroid dienone is 1. The lowest BCUT2D eigenvalue weighted by atomic mass is 10.0. The number of hydrogen-bond acceptors (Lipinski definition) is 2. The molecule has 21 heavy (non-hydrogen) atoms. The van der Waals surface area contributed by atoms with Gasteiger partial charge in [0, 0.05) is 0 Å². The lowest BCUT2D eigenvalue weighted by molar-refractivity contribution is 0.415. The second-order valence-electron chi connectivity index (χ2n) is 4.20. The van der Waals surface area contributed by atoms with Gasteiger partial charge >= 0.3 is 0 Å². The van der Waals surface area contributed by atoms with Crippen molar-refractivity contribution in [2.45, 2.75) is 0 Å². The van der Waals surface area contributed by atoms with Gasteiger partial charge < -0.3 is 4.74 Å². The molecular formula is C16H10Cl2FNO. The van der Waals surface area contributed by atoms with Crippen LogP contribution in [0.25, 0.3) is 11.6 Å². The summed E-state index contributed by atoms with van der Waals surface area (Å²) in [6.07, 6.45) is 1.59. The Morgan fingerprint density at radius 2 is 1.90 bits per heavy atom. The van der Waals surface area contributed by atoms with E-state index in [0.29, 0.717) is 32.5 Å². The van der Waals surface area contributed by atoms with Crippen molar-refractivity contribution < 1.29 is 9.13 Å². The summed E-state index contributed by atoms with van der Waals surface area (Å²) in [5.41, 5.74) is 1.43. The summed E-state index contributed by atoms with van der Waals surface area (Å²) in [7, 11) is 1.47. The smallest absolute Gasteiger partial charge is 0.156 e. The van der Waals surface area contributed by atoms with E-state index in [1.807, 2.05) is 6.07 Å². The largest absolute Gasteiger partial charge is 0.494 e. The van der Waals surface area contributed by atoms with Gasteiger partial charge in [0.05, 0.1) is 28.8 Å². The van der Waals surface area contributed by atoms with Gasteiger partial charge in [-0.05, 0) is 41.5 Å². The molecule has 0 aliphatic rings. The van der Waals surface area contributed by atoms with E-state index in [1.165, 1.54) is 19.2 Å². The maximum atomic E-state index is 13.2. The average Bonchev–Trinajstić information content (AvgIpc) is 2.44. The van der Waals surface area contributed by atoms with Crippen molar-refractivity contribution in [1.82, 2.24) is 0 Å². The number of methoxy groups -OCH3 is 1. The second kappa shape index (κ2) is 6.62. The van der Waals surface area contributed by atoms with E-state index in [-0.39, 0.29) is 0 Å². The minimum atomic E-state index is -0.403. The minimum absolute atomic E-state index is 0.312. The molecule has 2 rings (SSSR count). The number of benzene rings is 2. The first kappa shape index (κ1) is 15.4. The van der Waals surface area contributed by atoms with Crippen LogP contribution in [0.3, 0.4) is 0 Å². The quantitative estimate of drug-likeness (QED) is 0.574. The van der Waals surface area contributed by atoms with Gasteiger partial charge in [-0.25, -0.2) is 4.39 Å². The zero-order valence-electron chi connectivity index (χ0n) is 11.0. The highest BCUT2D eigenvalue weighted by molar-refractivity contribution is 6.37. The van der Waals surface area contributed by atoms with E-state index < -0.39 is 5.82 Å². The monoisotopic (exact) mass is 321 g/mol. The predicted molar refractivity (Wildman–Crippen MR) is 82.9 cm³/mol. The Balaban J connectivity index is 2.49. The number of nitrogens with zero attached hydrogens (tertiary/aromatic N) is 1. The molecule has 0 saturated heterocycles. The molecule has 2 aromatic carbocycles. The van der Waals surface area contributed by atoms with Gasteiger partial charge in [-0.1, -0.05) is 35.3 Å². The van der Waals surface area contributed by atoms with Gasteiger partial charge in [0.2, 0.25) is 0 Å². The van der Waals surface area contributed by atoms with Crippen molar-refractivity contribution in [3.63, 3.8) is 0 Å².